The fourth-order valence-electron chi connectivity index (χ4n) is 3.93. The third kappa shape index (κ3) is 6.87. The van der Waals surface area contributed by atoms with Crippen molar-refractivity contribution in [2.45, 2.75) is 25.0 Å². The van der Waals surface area contributed by atoms with Crippen molar-refractivity contribution in [3.63, 3.8) is 0 Å². The number of benzene rings is 1. The van der Waals surface area contributed by atoms with Gasteiger partial charge in [-0.1, -0.05) is 5.24 Å². The second-order valence-electron chi connectivity index (χ2n) is 9.66. The number of aryl methyl sites for hydroxylation is 1. The van der Waals surface area contributed by atoms with E-state index in [1.807, 2.05) is 6.92 Å². The Labute approximate surface area is 240 Å². The SMILES string of the molecule is [B]C([B])([B])NC(=O)c1nnc(NC(=O)C2CC2)cc1Nc1cc(F)cc(-c2cc(C(=O)N(C)CC)n(C)n2)c1OC. The topological polar surface area (TPSA) is 143 Å². The normalized spacial score (nSPS) is 12.9. The van der Waals surface area contributed by atoms with Crippen molar-refractivity contribution in [2.75, 3.05) is 31.3 Å². The molecule has 41 heavy (non-hydrogen) atoms. The third-order valence-corrected chi connectivity index (χ3v) is 6.26. The number of halogens is 1. The van der Waals surface area contributed by atoms with Crippen LogP contribution in [0.25, 0.3) is 11.3 Å². The number of methoxy groups -OCH3 is 1. The molecule has 0 unspecified atom stereocenters. The smallest absolute Gasteiger partial charge is 0.272 e. The van der Waals surface area contributed by atoms with Crippen LogP contribution in [-0.2, 0) is 11.8 Å². The molecule has 1 fully saturated rings. The molecule has 0 aliphatic heterocycles. The van der Waals surface area contributed by atoms with Crippen molar-refractivity contribution in [3.05, 3.63) is 41.5 Å². The van der Waals surface area contributed by atoms with E-state index in [2.05, 4.69) is 31.2 Å². The number of anilines is 3. The minimum Gasteiger partial charge on any atom is -0.494 e. The average Bonchev–Trinajstić information content (AvgIpc) is 3.68. The lowest BCUT2D eigenvalue weighted by atomic mass is 9.49. The third-order valence-electron chi connectivity index (χ3n) is 6.26. The first-order valence-electron chi connectivity index (χ1n) is 12.6. The van der Waals surface area contributed by atoms with Gasteiger partial charge in [0.05, 0.1) is 47.7 Å². The van der Waals surface area contributed by atoms with Crippen LogP contribution < -0.4 is 20.7 Å². The van der Waals surface area contributed by atoms with Gasteiger partial charge in [-0.3, -0.25) is 19.1 Å². The Morgan fingerprint density at radius 2 is 1.85 bits per heavy atom. The molecule has 2 heterocycles. The van der Waals surface area contributed by atoms with Crippen molar-refractivity contribution in [1.82, 2.24) is 30.2 Å². The quantitative estimate of drug-likeness (QED) is 0.316. The molecule has 3 aromatic rings. The van der Waals surface area contributed by atoms with Gasteiger partial charge in [0.25, 0.3) is 11.8 Å². The summed E-state index contributed by atoms with van der Waals surface area (Å²) < 4.78 is 22.0. The second kappa shape index (κ2) is 11.6. The number of carbonyl (C=O) groups is 3. The van der Waals surface area contributed by atoms with E-state index in [1.165, 1.54) is 34.9 Å². The van der Waals surface area contributed by atoms with E-state index in [9.17, 15) is 18.8 Å². The number of nitrogens with one attached hydrogen (secondary N) is 3. The highest BCUT2D eigenvalue weighted by Crippen LogP contribution is 2.39. The first kappa shape index (κ1) is 29.6. The first-order chi connectivity index (χ1) is 19.3. The van der Waals surface area contributed by atoms with Crippen LogP contribution in [0.1, 0.15) is 40.7 Å². The maximum Gasteiger partial charge on any atom is 0.272 e. The lowest BCUT2D eigenvalue weighted by Gasteiger charge is -2.23. The number of amides is 3. The molecular formula is C25H26B3FN8O4. The van der Waals surface area contributed by atoms with Crippen LogP contribution in [0.2, 0.25) is 0 Å². The largest absolute Gasteiger partial charge is 0.494 e. The zero-order valence-electron chi connectivity index (χ0n) is 23.0. The Bertz CT molecular complexity index is 1510. The number of nitrogens with zero attached hydrogens (tertiary/aromatic N) is 5. The maximum absolute atomic E-state index is 15.0. The predicted molar refractivity (Wildman–Crippen MR) is 152 cm³/mol. The fraction of sp³-hybridized carbons (Fsp3) is 0.360. The Hall–Kier alpha value is -4.36. The Morgan fingerprint density at radius 1 is 1.15 bits per heavy atom. The molecule has 1 aliphatic carbocycles. The number of aromatic nitrogens is 4. The highest BCUT2D eigenvalue weighted by atomic mass is 19.1. The van der Waals surface area contributed by atoms with E-state index in [4.69, 9.17) is 28.3 Å². The van der Waals surface area contributed by atoms with E-state index in [0.29, 0.717) is 6.54 Å². The number of hydrogen-bond donors (Lipinski definition) is 3. The van der Waals surface area contributed by atoms with Gasteiger partial charge < -0.3 is 25.6 Å². The molecule has 3 amide bonds. The number of ether oxygens (including phenoxy) is 1. The molecule has 0 bridgehead atoms. The van der Waals surface area contributed by atoms with Gasteiger partial charge in [0.1, 0.15) is 11.5 Å². The van der Waals surface area contributed by atoms with E-state index in [0.717, 1.165) is 18.9 Å². The van der Waals surface area contributed by atoms with Crippen molar-refractivity contribution < 1.29 is 23.5 Å². The monoisotopic (exact) mass is 554 g/mol. The van der Waals surface area contributed by atoms with E-state index < -0.39 is 17.0 Å². The number of carbonyl (C=O) groups excluding carboxylic acids is 3. The van der Waals surface area contributed by atoms with Crippen molar-refractivity contribution in [2.24, 2.45) is 13.0 Å². The molecule has 206 valence electrons. The molecule has 12 nitrogen and oxygen atoms in total. The molecule has 2 aromatic heterocycles. The summed E-state index contributed by atoms with van der Waals surface area (Å²) in [5.74, 6) is -2.01. The van der Waals surface area contributed by atoms with Gasteiger partial charge in [-0.25, -0.2) is 4.39 Å². The molecule has 4 rings (SSSR count). The highest BCUT2D eigenvalue weighted by Gasteiger charge is 2.30. The first-order valence-corrected chi connectivity index (χ1v) is 12.6. The van der Waals surface area contributed by atoms with Crippen LogP contribution in [0.3, 0.4) is 0 Å². The molecule has 1 aromatic carbocycles. The van der Waals surface area contributed by atoms with Crippen LogP contribution in [0.15, 0.2) is 24.3 Å². The Kier molecular flexibility index (Phi) is 8.40. The Morgan fingerprint density at radius 3 is 2.46 bits per heavy atom. The van der Waals surface area contributed by atoms with Gasteiger partial charge in [-0.15, -0.1) is 10.2 Å². The molecule has 0 spiro atoms. The molecule has 0 saturated heterocycles. The zero-order valence-corrected chi connectivity index (χ0v) is 23.0. The summed E-state index contributed by atoms with van der Waals surface area (Å²) in [7, 11) is 21.2. The summed E-state index contributed by atoms with van der Waals surface area (Å²) in [4.78, 5) is 39.5. The number of rotatable bonds is 10. The summed E-state index contributed by atoms with van der Waals surface area (Å²) in [5.41, 5.74) is 0.552. The molecule has 3 N–H and O–H groups in total. The zero-order chi connectivity index (χ0) is 30.1. The van der Waals surface area contributed by atoms with Crippen molar-refractivity contribution >= 4 is 58.5 Å². The van der Waals surface area contributed by atoms with E-state index >= 15 is 0 Å². The van der Waals surface area contributed by atoms with Crippen LogP contribution in [-0.4, -0.2) is 92.1 Å². The maximum atomic E-state index is 15.0. The van der Waals surface area contributed by atoms with Crippen LogP contribution in [0.4, 0.5) is 21.6 Å². The van der Waals surface area contributed by atoms with Crippen LogP contribution in [0.5, 0.6) is 5.75 Å². The molecule has 6 radical (unpaired) electrons. The average molecular weight is 554 g/mol. The summed E-state index contributed by atoms with van der Waals surface area (Å²) in [6.07, 6.45) is 1.52. The van der Waals surface area contributed by atoms with Crippen LogP contribution >= 0.6 is 0 Å². The Balaban J connectivity index is 1.77. The van der Waals surface area contributed by atoms with Crippen molar-refractivity contribution in [1.29, 1.82) is 0 Å². The lowest BCUT2D eigenvalue weighted by molar-refractivity contribution is -0.117. The van der Waals surface area contributed by atoms with Gasteiger partial charge in [-0.2, -0.15) is 5.10 Å². The second-order valence-corrected chi connectivity index (χ2v) is 9.66. The molecule has 1 saturated carbocycles. The van der Waals surface area contributed by atoms with E-state index in [1.54, 1.807) is 14.1 Å². The summed E-state index contributed by atoms with van der Waals surface area (Å²) in [6.45, 7) is 2.32. The van der Waals surface area contributed by atoms with Gasteiger partial charge >= 0.3 is 0 Å². The van der Waals surface area contributed by atoms with Gasteiger partial charge in [-0.05, 0) is 31.9 Å². The van der Waals surface area contributed by atoms with Gasteiger partial charge in [0, 0.05) is 44.3 Å². The minimum absolute atomic E-state index is 0.00385. The lowest BCUT2D eigenvalue weighted by Crippen LogP contribution is -2.50. The number of hydrogen-bond acceptors (Lipinski definition) is 8. The van der Waals surface area contributed by atoms with Gasteiger partial charge in [0.2, 0.25) is 5.91 Å². The van der Waals surface area contributed by atoms with Crippen molar-refractivity contribution in [3.8, 4) is 17.0 Å². The molecule has 16 heteroatoms. The molecule has 1 aliphatic rings. The van der Waals surface area contributed by atoms with E-state index in [-0.39, 0.29) is 63.3 Å². The molecular weight excluding hydrogens is 528 g/mol. The summed E-state index contributed by atoms with van der Waals surface area (Å²) in [5, 5.41) is 17.9. The molecule has 0 atom stereocenters. The summed E-state index contributed by atoms with van der Waals surface area (Å²) in [6, 6.07) is 5.20. The highest BCUT2D eigenvalue weighted by molar-refractivity contribution is 6.60. The predicted octanol–water partition coefficient (Wildman–Crippen LogP) is 1.06. The minimum atomic E-state index is -2.07. The standard InChI is InChI=1S/C25H26B3FN8O4/c1-5-36(2)24(40)18-10-15(35-37(18)3)14-8-13(29)9-17(21(14)41-4)30-16-11-19(31-22(38)12-6-7-12)33-34-20(16)23(39)32-25(26,27)28/h8-12H,5-7H2,1-4H3,(H,32,39)(H2,30,31,33,38). The van der Waals surface area contributed by atoms with Crippen LogP contribution in [0, 0.1) is 11.7 Å². The fourth-order valence-corrected chi connectivity index (χ4v) is 3.93. The summed E-state index contributed by atoms with van der Waals surface area (Å²) >= 11 is 0. The van der Waals surface area contributed by atoms with Gasteiger partial charge in [0.15, 0.2) is 17.3 Å².